The molecular formula is C29H32F3NO5. The van der Waals surface area contributed by atoms with Gasteiger partial charge in [-0.2, -0.15) is 13.2 Å². The van der Waals surface area contributed by atoms with Crippen LogP contribution in [0.5, 0.6) is 5.88 Å². The summed E-state index contributed by atoms with van der Waals surface area (Å²) in [6.07, 6.45) is 4.95. The molecule has 0 N–H and O–H groups in total. The summed E-state index contributed by atoms with van der Waals surface area (Å²) in [6, 6.07) is 7.73. The Kier molecular flexibility index (Phi) is 10.5. The van der Waals surface area contributed by atoms with Crippen LogP contribution in [-0.4, -0.2) is 24.2 Å². The van der Waals surface area contributed by atoms with Crippen molar-refractivity contribution in [2.75, 3.05) is 13.2 Å². The summed E-state index contributed by atoms with van der Waals surface area (Å²) in [5.41, 5.74) is -1.56. The van der Waals surface area contributed by atoms with Crippen molar-refractivity contribution in [2.24, 2.45) is 0 Å². The average Bonchev–Trinajstić information content (AvgIpc) is 2.88. The van der Waals surface area contributed by atoms with Crippen molar-refractivity contribution in [3.63, 3.8) is 0 Å². The Bertz CT molecular complexity index is 1300. The predicted molar refractivity (Wildman–Crippen MR) is 139 cm³/mol. The van der Waals surface area contributed by atoms with Gasteiger partial charge in [-0.15, -0.1) is 0 Å². The third-order valence-corrected chi connectivity index (χ3v) is 5.99. The molecule has 0 aliphatic rings. The first-order valence-electron chi connectivity index (χ1n) is 12.7. The van der Waals surface area contributed by atoms with Crippen molar-refractivity contribution >= 4 is 16.9 Å². The molecule has 1 aromatic carbocycles. The van der Waals surface area contributed by atoms with E-state index in [0.717, 1.165) is 57.4 Å². The summed E-state index contributed by atoms with van der Waals surface area (Å²) in [5.74, 6) is -0.0488. The second-order valence-corrected chi connectivity index (χ2v) is 9.14. The average molecular weight is 532 g/mol. The Labute approximate surface area is 219 Å². The fourth-order valence-electron chi connectivity index (χ4n) is 3.96. The Balaban J connectivity index is 1.41. The van der Waals surface area contributed by atoms with Crippen LogP contribution in [0.15, 0.2) is 64.0 Å². The van der Waals surface area contributed by atoms with Crippen molar-refractivity contribution in [1.29, 1.82) is 0 Å². The molecule has 38 heavy (non-hydrogen) atoms. The molecule has 2 heterocycles. The first-order valence-corrected chi connectivity index (χ1v) is 12.7. The van der Waals surface area contributed by atoms with Gasteiger partial charge >= 0.3 is 17.8 Å². The molecule has 0 unspecified atom stereocenters. The maximum atomic E-state index is 13.4. The molecule has 0 aliphatic carbocycles. The van der Waals surface area contributed by atoms with E-state index < -0.39 is 17.4 Å². The number of benzene rings is 1. The molecular weight excluding hydrogens is 499 g/mol. The molecule has 0 saturated heterocycles. The number of carbonyl (C=O) groups excluding carboxylic acids is 1. The molecule has 0 fully saturated rings. The fourth-order valence-corrected chi connectivity index (χ4v) is 3.96. The monoisotopic (exact) mass is 531 g/mol. The summed E-state index contributed by atoms with van der Waals surface area (Å²) >= 11 is 0. The van der Waals surface area contributed by atoms with E-state index in [1.807, 2.05) is 0 Å². The lowest BCUT2D eigenvalue weighted by molar-refractivity contribution is -0.139. The number of carbonyl (C=O) groups is 1. The first kappa shape index (κ1) is 28.9. The zero-order valence-electron chi connectivity index (χ0n) is 21.4. The highest BCUT2D eigenvalue weighted by Gasteiger charge is 2.34. The van der Waals surface area contributed by atoms with E-state index in [-0.39, 0.29) is 28.6 Å². The summed E-state index contributed by atoms with van der Waals surface area (Å²) in [6.45, 7) is 6.06. The highest BCUT2D eigenvalue weighted by atomic mass is 19.4. The van der Waals surface area contributed by atoms with Crippen LogP contribution in [0, 0.1) is 0 Å². The molecule has 0 atom stereocenters. The van der Waals surface area contributed by atoms with Crippen molar-refractivity contribution in [3.05, 3.63) is 70.7 Å². The van der Waals surface area contributed by atoms with Gasteiger partial charge in [0, 0.05) is 28.8 Å². The van der Waals surface area contributed by atoms with Gasteiger partial charge in [0.05, 0.1) is 24.3 Å². The summed E-state index contributed by atoms with van der Waals surface area (Å²) in [5, 5.41) is 0.401. The summed E-state index contributed by atoms with van der Waals surface area (Å²) < 4.78 is 56.2. The van der Waals surface area contributed by atoms with E-state index >= 15 is 0 Å². The second-order valence-electron chi connectivity index (χ2n) is 9.14. The van der Waals surface area contributed by atoms with Crippen molar-refractivity contribution in [3.8, 4) is 17.0 Å². The molecule has 0 saturated carbocycles. The zero-order chi connectivity index (χ0) is 27.5. The lowest BCUT2D eigenvalue weighted by Crippen LogP contribution is -2.11. The Hall–Kier alpha value is -3.62. The number of hydrogen-bond acceptors (Lipinski definition) is 6. The Morgan fingerprint density at radius 2 is 1.58 bits per heavy atom. The normalized spacial score (nSPS) is 11.5. The minimum absolute atomic E-state index is 0.174. The van der Waals surface area contributed by atoms with E-state index in [2.05, 4.69) is 11.6 Å². The molecule has 0 aliphatic heterocycles. The topological polar surface area (TPSA) is 78.6 Å². The first-order chi connectivity index (χ1) is 18.2. The second kappa shape index (κ2) is 13.8. The van der Waals surface area contributed by atoms with E-state index in [0.29, 0.717) is 24.2 Å². The minimum atomic E-state index is -4.60. The minimum Gasteiger partial charge on any atom is -0.478 e. The highest BCUT2D eigenvalue weighted by Crippen LogP contribution is 2.36. The van der Waals surface area contributed by atoms with Gasteiger partial charge in [-0.25, -0.2) is 14.6 Å². The van der Waals surface area contributed by atoms with E-state index in [1.165, 1.54) is 36.5 Å². The lowest BCUT2D eigenvalue weighted by Gasteiger charge is -2.12. The third kappa shape index (κ3) is 8.46. The van der Waals surface area contributed by atoms with Crippen molar-refractivity contribution < 1.29 is 31.9 Å². The largest absolute Gasteiger partial charge is 0.478 e. The van der Waals surface area contributed by atoms with Crippen molar-refractivity contribution in [2.45, 2.75) is 64.5 Å². The molecule has 0 bridgehead atoms. The number of ether oxygens (including phenoxy) is 2. The van der Waals surface area contributed by atoms with E-state index in [1.54, 1.807) is 6.92 Å². The molecule has 0 spiro atoms. The standard InChI is InChI=1S/C29H32F3NO5/c1-20(2)27(34)37-16-12-8-6-4-3-5-7-11-15-36-26-18-25-21(19-33-26)17-23(28(35)38-25)22-13-9-10-14-24(22)29(30,31)32/h9-10,13-14,17-19H,1,3-8,11-12,15-16H2,2H3. The lowest BCUT2D eigenvalue weighted by atomic mass is 10.00. The van der Waals surface area contributed by atoms with Crippen molar-refractivity contribution in [1.82, 2.24) is 4.98 Å². The summed E-state index contributed by atoms with van der Waals surface area (Å²) in [7, 11) is 0. The Morgan fingerprint density at radius 1 is 0.947 bits per heavy atom. The van der Waals surface area contributed by atoms with E-state index in [4.69, 9.17) is 13.9 Å². The number of nitrogens with zero attached hydrogens (tertiary/aromatic N) is 1. The molecule has 9 heteroatoms. The molecule has 2 aromatic heterocycles. The van der Waals surface area contributed by atoms with Crippen LogP contribution in [0.1, 0.15) is 63.9 Å². The van der Waals surface area contributed by atoms with Gasteiger partial charge in [0.25, 0.3) is 0 Å². The number of rotatable bonds is 14. The van der Waals surface area contributed by atoms with Crippen LogP contribution in [0.3, 0.4) is 0 Å². The number of esters is 1. The molecule has 6 nitrogen and oxygen atoms in total. The molecule has 3 rings (SSSR count). The third-order valence-electron chi connectivity index (χ3n) is 5.99. The number of hydrogen-bond donors (Lipinski definition) is 0. The maximum absolute atomic E-state index is 13.4. The molecule has 204 valence electrons. The molecule has 0 amide bonds. The maximum Gasteiger partial charge on any atom is 0.417 e. The van der Waals surface area contributed by atoms with E-state index in [9.17, 15) is 22.8 Å². The van der Waals surface area contributed by atoms with Gasteiger partial charge in [-0.1, -0.05) is 63.3 Å². The van der Waals surface area contributed by atoms with Crippen LogP contribution in [0.2, 0.25) is 0 Å². The summed E-state index contributed by atoms with van der Waals surface area (Å²) in [4.78, 5) is 28.0. The van der Waals surface area contributed by atoms with Crippen LogP contribution in [0.4, 0.5) is 13.2 Å². The number of fused-ring (bicyclic) bond motifs is 1. The van der Waals surface area contributed by atoms with Gasteiger partial charge in [-0.3, -0.25) is 0 Å². The number of unbranched alkanes of at least 4 members (excludes halogenated alkanes) is 7. The van der Waals surface area contributed by atoms with Crippen LogP contribution in [0.25, 0.3) is 22.1 Å². The zero-order valence-corrected chi connectivity index (χ0v) is 21.4. The number of alkyl halides is 3. The van der Waals surface area contributed by atoms with Crippen LogP contribution in [-0.2, 0) is 15.7 Å². The highest BCUT2D eigenvalue weighted by molar-refractivity contribution is 5.86. The van der Waals surface area contributed by atoms with Gasteiger partial charge in [0.15, 0.2) is 0 Å². The molecule has 0 radical (unpaired) electrons. The van der Waals surface area contributed by atoms with Crippen LogP contribution < -0.4 is 10.4 Å². The SMILES string of the molecule is C=C(C)C(=O)OCCCCCCCCCCOc1cc2oc(=O)c(-c3ccccc3C(F)(F)F)cc2cn1. The predicted octanol–water partition coefficient (Wildman–Crippen LogP) is 7.49. The van der Waals surface area contributed by atoms with Gasteiger partial charge in [0.2, 0.25) is 5.88 Å². The Morgan fingerprint density at radius 3 is 2.24 bits per heavy atom. The van der Waals surface area contributed by atoms with Gasteiger partial charge in [-0.05, 0) is 31.9 Å². The number of aromatic nitrogens is 1. The quantitative estimate of drug-likeness (QED) is 0.122. The smallest absolute Gasteiger partial charge is 0.417 e. The fraction of sp³-hybridized carbons (Fsp3) is 0.414. The van der Waals surface area contributed by atoms with Gasteiger partial charge in [0.1, 0.15) is 5.58 Å². The number of halogens is 3. The molecule has 3 aromatic rings. The van der Waals surface area contributed by atoms with Gasteiger partial charge < -0.3 is 13.9 Å². The number of pyridine rings is 1. The van der Waals surface area contributed by atoms with Crippen LogP contribution >= 0.6 is 0 Å².